The van der Waals surface area contributed by atoms with Crippen LogP contribution in [0.3, 0.4) is 0 Å². The first-order valence-corrected chi connectivity index (χ1v) is 3.77. The number of hydrogen-bond donors (Lipinski definition) is 3. The third-order valence-corrected chi connectivity index (χ3v) is 1.99. The molecule has 4 atom stereocenters. The SMILES string of the molecule is C[C@@H]1OC(CO)CC(O)[C@@H]1O. The summed E-state index contributed by atoms with van der Waals surface area (Å²) in [6, 6.07) is 0. The third-order valence-electron chi connectivity index (χ3n) is 1.99. The van der Waals surface area contributed by atoms with E-state index >= 15 is 0 Å². The Labute approximate surface area is 65.4 Å². The highest BCUT2D eigenvalue weighted by atomic mass is 16.5. The smallest absolute Gasteiger partial charge is 0.106 e. The first-order chi connectivity index (χ1) is 5.15. The first kappa shape index (κ1) is 8.93. The maximum Gasteiger partial charge on any atom is 0.106 e. The first-order valence-electron chi connectivity index (χ1n) is 3.77. The fourth-order valence-electron chi connectivity index (χ4n) is 1.28. The van der Waals surface area contributed by atoms with Crippen molar-refractivity contribution in [3.8, 4) is 0 Å². The predicted octanol–water partition coefficient (Wildman–Crippen LogP) is -1.12. The van der Waals surface area contributed by atoms with Gasteiger partial charge in [-0.25, -0.2) is 0 Å². The van der Waals surface area contributed by atoms with Crippen LogP contribution in [0.4, 0.5) is 0 Å². The summed E-state index contributed by atoms with van der Waals surface area (Å²) in [5.41, 5.74) is 0. The Bertz CT molecular complexity index is 116. The molecule has 0 spiro atoms. The lowest BCUT2D eigenvalue weighted by Crippen LogP contribution is -2.47. The summed E-state index contributed by atoms with van der Waals surface area (Å²) < 4.78 is 5.16. The summed E-state index contributed by atoms with van der Waals surface area (Å²) in [4.78, 5) is 0. The molecule has 11 heavy (non-hydrogen) atoms. The molecular formula is C7H14O4. The molecule has 0 bridgehead atoms. The van der Waals surface area contributed by atoms with Gasteiger partial charge in [-0.1, -0.05) is 0 Å². The van der Waals surface area contributed by atoms with Crippen molar-refractivity contribution in [2.75, 3.05) is 6.61 Å². The minimum absolute atomic E-state index is 0.103. The van der Waals surface area contributed by atoms with Gasteiger partial charge in [-0.2, -0.15) is 0 Å². The van der Waals surface area contributed by atoms with Gasteiger partial charge in [-0.3, -0.25) is 0 Å². The van der Waals surface area contributed by atoms with Crippen molar-refractivity contribution in [3.63, 3.8) is 0 Å². The van der Waals surface area contributed by atoms with Gasteiger partial charge in [0.2, 0.25) is 0 Å². The van der Waals surface area contributed by atoms with Gasteiger partial charge in [0.05, 0.1) is 24.9 Å². The van der Waals surface area contributed by atoms with Crippen molar-refractivity contribution < 1.29 is 20.1 Å². The molecule has 1 saturated heterocycles. The average molecular weight is 162 g/mol. The Balaban J connectivity index is 2.47. The van der Waals surface area contributed by atoms with Gasteiger partial charge in [0.25, 0.3) is 0 Å². The van der Waals surface area contributed by atoms with E-state index in [9.17, 15) is 10.2 Å². The van der Waals surface area contributed by atoms with E-state index in [4.69, 9.17) is 9.84 Å². The fourth-order valence-corrected chi connectivity index (χ4v) is 1.28. The molecule has 0 amide bonds. The molecule has 1 aliphatic rings. The van der Waals surface area contributed by atoms with Gasteiger partial charge in [0, 0.05) is 6.42 Å². The summed E-state index contributed by atoms with van der Waals surface area (Å²) in [5.74, 6) is 0. The lowest BCUT2D eigenvalue weighted by atomic mass is 9.99. The Morgan fingerprint density at radius 1 is 1.45 bits per heavy atom. The Morgan fingerprint density at radius 2 is 2.09 bits per heavy atom. The minimum Gasteiger partial charge on any atom is -0.394 e. The summed E-state index contributed by atoms with van der Waals surface area (Å²) in [7, 11) is 0. The highest BCUT2D eigenvalue weighted by Crippen LogP contribution is 2.19. The molecule has 4 heteroatoms. The zero-order valence-corrected chi connectivity index (χ0v) is 6.47. The van der Waals surface area contributed by atoms with Gasteiger partial charge < -0.3 is 20.1 Å². The van der Waals surface area contributed by atoms with E-state index in [1.54, 1.807) is 6.92 Å². The molecule has 1 rings (SSSR count). The van der Waals surface area contributed by atoms with E-state index in [1.807, 2.05) is 0 Å². The van der Waals surface area contributed by atoms with Gasteiger partial charge in [-0.15, -0.1) is 0 Å². The van der Waals surface area contributed by atoms with Crippen LogP contribution in [-0.2, 0) is 4.74 Å². The molecule has 4 nitrogen and oxygen atoms in total. The number of ether oxygens (including phenoxy) is 1. The van der Waals surface area contributed by atoms with Crippen molar-refractivity contribution in [1.82, 2.24) is 0 Å². The highest BCUT2D eigenvalue weighted by Gasteiger charge is 2.33. The van der Waals surface area contributed by atoms with E-state index in [0.717, 1.165) is 0 Å². The third kappa shape index (κ3) is 1.90. The molecule has 0 aromatic rings. The van der Waals surface area contributed by atoms with E-state index in [-0.39, 0.29) is 12.7 Å². The lowest BCUT2D eigenvalue weighted by molar-refractivity contribution is -0.170. The summed E-state index contributed by atoms with van der Waals surface area (Å²) in [5, 5.41) is 27.1. The summed E-state index contributed by atoms with van der Waals surface area (Å²) >= 11 is 0. The van der Waals surface area contributed by atoms with Crippen LogP contribution in [0.5, 0.6) is 0 Å². The molecule has 0 radical (unpaired) electrons. The molecule has 0 aliphatic carbocycles. The number of rotatable bonds is 1. The van der Waals surface area contributed by atoms with Gasteiger partial charge in [-0.05, 0) is 6.92 Å². The molecule has 2 unspecified atom stereocenters. The maximum atomic E-state index is 9.21. The van der Waals surface area contributed by atoms with Crippen LogP contribution in [0.15, 0.2) is 0 Å². The quantitative estimate of drug-likeness (QED) is 0.456. The number of hydrogen-bond acceptors (Lipinski definition) is 4. The zero-order valence-electron chi connectivity index (χ0n) is 6.47. The van der Waals surface area contributed by atoms with E-state index in [1.165, 1.54) is 0 Å². The Hall–Kier alpha value is -0.160. The average Bonchev–Trinajstić information content (AvgIpc) is 1.99. The monoisotopic (exact) mass is 162 g/mol. The van der Waals surface area contributed by atoms with Crippen LogP contribution < -0.4 is 0 Å². The maximum absolute atomic E-state index is 9.21. The molecule has 1 fully saturated rings. The van der Waals surface area contributed by atoms with Gasteiger partial charge in [0.1, 0.15) is 6.10 Å². The summed E-state index contributed by atoms with van der Waals surface area (Å²) in [6.45, 7) is 1.57. The summed E-state index contributed by atoms with van der Waals surface area (Å²) in [6.07, 6.45) is -2.00. The van der Waals surface area contributed by atoms with Crippen LogP contribution >= 0.6 is 0 Å². The number of aliphatic hydroxyl groups excluding tert-OH is 3. The molecule has 66 valence electrons. The van der Waals surface area contributed by atoms with Crippen molar-refractivity contribution in [2.24, 2.45) is 0 Å². The van der Waals surface area contributed by atoms with Crippen molar-refractivity contribution in [2.45, 2.75) is 37.8 Å². The Kier molecular flexibility index (Phi) is 2.84. The van der Waals surface area contributed by atoms with Crippen LogP contribution in [0.1, 0.15) is 13.3 Å². The molecule has 0 aromatic carbocycles. The van der Waals surface area contributed by atoms with Crippen LogP contribution in [-0.4, -0.2) is 46.3 Å². The van der Waals surface area contributed by atoms with Crippen molar-refractivity contribution >= 4 is 0 Å². The molecular weight excluding hydrogens is 148 g/mol. The largest absolute Gasteiger partial charge is 0.394 e. The van der Waals surface area contributed by atoms with Crippen molar-refractivity contribution in [3.05, 3.63) is 0 Å². The van der Waals surface area contributed by atoms with E-state index in [2.05, 4.69) is 0 Å². The minimum atomic E-state index is -0.821. The fraction of sp³-hybridized carbons (Fsp3) is 1.00. The molecule has 3 N–H and O–H groups in total. The normalized spacial score (nSPS) is 45.8. The highest BCUT2D eigenvalue weighted by molar-refractivity contribution is 4.82. The van der Waals surface area contributed by atoms with E-state index < -0.39 is 18.3 Å². The van der Waals surface area contributed by atoms with Gasteiger partial charge >= 0.3 is 0 Å². The molecule has 1 heterocycles. The second-order valence-corrected chi connectivity index (χ2v) is 2.94. The van der Waals surface area contributed by atoms with E-state index in [0.29, 0.717) is 6.42 Å². The topological polar surface area (TPSA) is 69.9 Å². The van der Waals surface area contributed by atoms with Crippen LogP contribution in [0.2, 0.25) is 0 Å². The second kappa shape index (κ2) is 3.49. The Morgan fingerprint density at radius 3 is 2.55 bits per heavy atom. The van der Waals surface area contributed by atoms with Crippen LogP contribution in [0.25, 0.3) is 0 Å². The standard InChI is InChI=1S/C7H14O4/c1-4-7(10)6(9)2-5(3-8)11-4/h4-10H,2-3H2,1H3/t4-,5?,6?,7+/m0/s1. The molecule has 1 aliphatic heterocycles. The van der Waals surface area contributed by atoms with Crippen LogP contribution in [0, 0.1) is 0 Å². The predicted molar refractivity (Wildman–Crippen MR) is 38.1 cm³/mol. The van der Waals surface area contributed by atoms with Crippen molar-refractivity contribution in [1.29, 1.82) is 0 Å². The molecule has 0 saturated carbocycles. The molecule has 0 aromatic heterocycles. The zero-order chi connectivity index (χ0) is 8.43. The van der Waals surface area contributed by atoms with Gasteiger partial charge in [0.15, 0.2) is 0 Å². The second-order valence-electron chi connectivity index (χ2n) is 2.94. The lowest BCUT2D eigenvalue weighted by Gasteiger charge is -2.34. The number of aliphatic hydroxyl groups is 3.